The molecular weight excluding hydrogens is 414 g/mol. The zero-order chi connectivity index (χ0) is 21.9. The maximum absolute atomic E-state index is 12.8. The van der Waals surface area contributed by atoms with Gasteiger partial charge in [-0.3, -0.25) is 4.79 Å². The molecule has 2 aromatic carbocycles. The number of imidazole rings is 1. The summed E-state index contributed by atoms with van der Waals surface area (Å²) in [5.41, 5.74) is 2.21. The molecule has 0 fully saturated rings. The maximum atomic E-state index is 12.8. The molecule has 0 atom stereocenters. The normalized spacial score (nSPS) is 12.1. The minimum absolute atomic E-state index is 0.121. The van der Waals surface area contributed by atoms with E-state index in [9.17, 15) is 22.0 Å². The Hall–Kier alpha value is -2.85. The highest BCUT2D eigenvalue weighted by Crippen LogP contribution is 2.21. The number of carbonyl (C=O) groups is 1. The lowest BCUT2D eigenvalue weighted by atomic mass is 10.1. The van der Waals surface area contributed by atoms with Gasteiger partial charge in [0.2, 0.25) is 10.0 Å². The largest absolute Gasteiger partial charge is 0.348 e. The van der Waals surface area contributed by atoms with E-state index in [2.05, 4.69) is 20.0 Å². The van der Waals surface area contributed by atoms with Crippen molar-refractivity contribution >= 4 is 27.0 Å². The minimum Gasteiger partial charge on any atom is -0.348 e. The first kappa shape index (κ1) is 21.8. The molecule has 0 bridgehead atoms. The van der Waals surface area contributed by atoms with Crippen molar-refractivity contribution < 1.29 is 22.0 Å². The molecule has 3 rings (SSSR count). The first-order valence-corrected chi connectivity index (χ1v) is 10.9. The van der Waals surface area contributed by atoms with Gasteiger partial charge in [-0.15, -0.1) is 0 Å². The summed E-state index contributed by atoms with van der Waals surface area (Å²) >= 11 is 0. The SMILES string of the molecule is CC(C)NS(=O)(=O)Cc1ccccc1CNC(=O)c1ccc2nc(C(F)F)[nH]c2c1. The monoisotopic (exact) mass is 436 g/mol. The van der Waals surface area contributed by atoms with Gasteiger partial charge in [-0.1, -0.05) is 24.3 Å². The third-order valence-electron chi connectivity index (χ3n) is 4.29. The van der Waals surface area contributed by atoms with Crippen LogP contribution in [0.25, 0.3) is 11.0 Å². The summed E-state index contributed by atoms with van der Waals surface area (Å²) in [5, 5.41) is 2.74. The van der Waals surface area contributed by atoms with Crippen LogP contribution in [0.3, 0.4) is 0 Å². The molecule has 0 radical (unpaired) electrons. The van der Waals surface area contributed by atoms with Crippen molar-refractivity contribution in [2.75, 3.05) is 0 Å². The van der Waals surface area contributed by atoms with Gasteiger partial charge in [-0.25, -0.2) is 26.9 Å². The Morgan fingerprint density at radius 3 is 2.50 bits per heavy atom. The van der Waals surface area contributed by atoms with E-state index in [0.29, 0.717) is 22.2 Å². The van der Waals surface area contributed by atoms with Gasteiger partial charge in [-0.05, 0) is 43.2 Å². The Morgan fingerprint density at radius 1 is 1.13 bits per heavy atom. The molecule has 1 amide bonds. The van der Waals surface area contributed by atoms with E-state index in [1.54, 1.807) is 38.1 Å². The van der Waals surface area contributed by atoms with Gasteiger partial charge in [0.1, 0.15) is 0 Å². The van der Waals surface area contributed by atoms with Crippen molar-refractivity contribution in [2.45, 2.75) is 38.6 Å². The molecule has 0 aliphatic carbocycles. The first-order valence-electron chi connectivity index (χ1n) is 9.27. The lowest BCUT2D eigenvalue weighted by Gasteiger charge is -2.13. The van der Waals surface area contributed by atoms with Crippen molar-refractivity contribution in [2.24, 2.45) is 0 Å². The number of carbonyl (C=O) groups excluding carboxylic acids is 1. The predicted octanol–water partition coefficient (Wildman–Crippen LogP) is 3.26. The summed E-state index contributed by atoms with van der Waals surface area (Å²) < 4.78 is 52.6. The third kappa shape index (κ3) is 5.39. The predicted molar refractivity (Wildman–Crippen MR) is 110 cm³/mol. The molecule has 0 aliphatic rings. The number of amides is 1. The number of halogens is 2. The van der Waals surface area contributed by atoms with Crippen molar-refractivity contribution in [1.82, 2.24) is 20.0 Å². The first-order chi connectivity index (χ1) is 14.1. The van der Waals surface area contributed by atoms with E-state index in [4.69, 9.17) is 0 Å². The number of aromatic nitrogens is 2. The van der Waals surface area contributed by atoms with Crippen molar-refractivity contribution in [3.8, 4) is 0 Å². The zero-order valence-corrected chi connectivity index (χ0v) is 17.3. The van der Waals surface area contributed by atoms with Gasteiger partial charge < -0.3 is 10.3 Å². The Kier molecular flexibility index (Phi) is 6.47. The number of aromatic amines is 1. The van der Waals surface area contributed by atoms with E-state index < -0.39 is 28.2 Å². The van der Waals surface area contributed by atoms with Gasteiger partial charge in [0.25, 0.3) is 12.3 Å². The summed E-state index contributed by atoms with van der Waals surface area (Å²) in [6, 6.07) is 11.2. The Labute approximate surface area is 173 Å². The van der Waals surface area contributed by atoms with Crippen LogP contribution in [0.4, 0.5) is 8.78 Å². The van der Waals surface area contributed by atoms with E-state index in [1.807, 2.05) is 0 Å². The van der Waals surface area contributed by atoms with E-state index in [1.165, 1.54) is 18.2 Å². The highest BCUT2D eigenvalue weighted by molar-refractivity contribution is 7.88. The molecule has 1 heterocycles. The van der Waals surface area contributed by atoms with Crippen LogP contribution in [0.2, 0.25) is 0 Å². The number of fused-ring (bicyclic) bond motifs is 1. The van der Waals surface area contributed by atoms with Crippen molar-refractivity contribution in [3.63, 3.8) is 0 Å². The Bertz CT molecular complexity index is 1160. The topological polar surface area (TPSA) is 104 Å². The quantitative estimate of drug-likeness (QED) is 0.504. The number of hydrogen-bond acceptors (Lipinski definition) is 4. The molecule has 0 saturated heterocycles. The van der Waals surface area contributed by atoms with Gasteiger partial charge in [0.15, 0.2) is 5.82 Å². The molecule has 0 spiro atoms. The van der Waals surface area contributed by atoms with Crippen LogP contribution in [-0.4, -0.2) is 30.3 Å². The fraction of sp³-hybridized carbons (Fsp3) is 0.300. The highest BCUT2D eigenvalue weighted by atomic mass is 32.2. The lowest BCUT2D eigenvalue weighted by Crippen LogP contribution is -2.31. The number of nitrogens with zero attached hydrogens (tertiary/aromatic N) is 1. The number of H-pyrrole nitrogens is 1. The molecule has 0 unspecified atom stereocenters. The van der Waals surface area contributed by atoms with Crippen LogP contribution >= 0.6 is 0 Å². The Morgan fingerprint density at radius 2 is 1.83 bits per heavy atom. The second-order valence-electron chi connectivity index (χ2n) is 7.14. The number of rotatable bonds is 8. The van der Waals surface area contributed by atoms with Gasteiger partial charge in [0.05, 0.1) is 16.8 Å². The van der Waals surface area contributed by atoms with Crippen molar-refractivity contribution in [1.29, 1.82) is 0 Å². The summed E-state index contributed by atoms with van der Waals surface area (Å²) in [6.45, 7) is 3.60. The summed E-state index contributed by atoms with van der Waals surface area (Å²) in [5.74, 6) is -1.07. The van der Waals surface area contributed by atoms with E-state index >= 15 is 0 Å². The molecule has 0 aliphatic heterocycles. The van der Waals surface area contributed by atoms with E-state index in [-0.39, 0.29) is 23.9 Å². The fourth-order valence-corrected chi connectivity index (χ4v) is 4.52. The number of hydrogen-bond donors (Lipinski definition) is 3. The van der Waals surface area contributed by atoms with Crippen LogP contribution in [0.5, 0.6) is 0 Å². The molecule has 3 N–H and O–H groups in total. The summed E-state index contributed by atoms with van der Waals surface area (Å²) in [6.07, 6.45) is -2.73. The van der Waals surface area contributed by atoms with Crippen LogP contribution in [0.1, 0.15) is 47.6 Å². The smallest absolute Gasteiger partial charge is 0.295 e. The van der Waals surface area contributed by atoms with Gasteiger partial charge in [0, 0.05) is 18.2 Å². The third-order valence-corrected chi connectivity index (χ3v) is 5.81. The number of sulfonamides is 1. The highest BCUT2D eigenvalue weighted by Gasteiger charge is 2.17. The standard InChI is InChI=1S/C20H22F2N4O3S/c1-12(2)26-30(28,29)11-15-6-4-3-5-14(15)10-23-20(27)13-7-8-16-17(9-13)25-19(24-16)18(21)22/h3-9,12,18,26H,10-11H2,1-2H3,(H,23,27)(H,24,25). The van der Waals surface area contributed by atoms with Gasteiger partial charge in [-0.2, -0.15) is 0 Å². The molecule has 0 saturated carbocycles. The molecule has 1 aromatic heterocycles. The zero-order valence-electron chi connectivity index (χ0n) is 16.4. The summed E-state index contributed by atoms with van der Waals surface area (Å²) in [7, 11) is -3.51. The summed E-state index contributed by atoms with van der Waals surface area (Å²) in [4.78, 5) is 18.8. The second kappa shape index (κ2) is 8.88. The molecule has 3 aromatic rings. The van der Waals surface area contributed by atoms with Crippen LogP contribution in [0.15, 0.2) is 42.5 Å². The molecule has 7 nitrogen and oxygen atoms in total. The number of benzene rings is 2. The minimum atomic E-state index is -3.51. The van der Waals surface area contributed by atoms with Crippen LogP contribution < -0.4 is 10.0 Å². The average Bonchev–Trinajstić information content (AvgIpc) is 3.09. The van der Waals surface area contributed by atoms with Crippen LogP contribution in [0, 0.1) is 0 Å². The lowest BCUT2D eigenvalue weighted by molar-refractivity contribution is 0.0951. The van der Waals surface area contributed by atoms with Crippen molar-refractivity contribution in [3.05, 3.63) is 65.0 Å². The average molecular weight is 436 g/mol. The van der Waals surface area contributed by atoms with E-state index in [0.717, 1.165) is 0 Å². The molecule has 30 heavy (non-hydrogen) atoms. The Balaban J connectivity index is 1.73. The number of nitrogens with one attached hydrogen (secondary N) is 3. The van der Waals surface area contributed by atoms with Gasteiger partial charge >= 0.3 is 0 Å². The maximum Gasteiger partial charge on any atom is 0.295 e. The van der Waals surface area contributed by atoms with Crippen LogP contribution in [-0.2, 0) is 22.3 Å². The molecule has 160 valence electrons. The number of alkyl halides is 2. The fourth-order valence-electron chi connectivity index (χ4n) is 3.03. The molecular formula is C20H22F2N4O3S. The molecule has 10 heteroatoms. The second-order valence-corrected chi connectivity index (χ2v) is 8.89.